The van der Waals surface area contributed by atoms with Crippen molar-refractivity contribution < 1.29 is 4.79 Å². The van der Waals surface area contributed by atoms with E-state index in [1.54, 1.807) is 11.3 Å². The molecule has 0 spiro atoms. The summed E-state index contributed by atoms with van der Waals surface area (Å²) in [5.41, 5.74) is 6.35. The number of hydrogen-bond acceptors (Lipinski definition) is 4. The predicted molar refractivity (Wildman–Crippen MR) is 66.4 cm³/mol. The number of aryl methyl sites for hydroxylation is 1. The Hall–Kier alpha value is -0.940. The first-order valence-electron chi connectivity index (χ1n) is 5.33. The lowest BCUT2D eigenvalue weighted by Crippen LogP contribution is -2.39. The van der Waals surface area contributed by atoms with E-state index in [-0.39, 0.29) is 5.91 Å². The third-order valence-corrected chi connectivity index (χ3v) is 2.97. The minimum absolute atomic E-state index is 0.000720. The van der Waals surface area contributed by atoms with Crippen molar-refractivity contribution in [3.63, 3.8) is 0 Å². The van der Waals surface area contributed by atoms with Crippen LogP contribution in [0, 0.1) is 6.92 Å². The minimum atomic E-state index is -0.443. The van der Waals surface area contributed by atoms with Crippen molar-refractivity contribution in [2.45, 2.75) is 39.2 Å². The van der Waals surface area contributed by atoms with E-state index in [4.69, 9.17) is 5.73 Å². The van der Waals surface area contributed by atoms with Gasteiger partial charge in [-0.1, -0.05) is 0 Å². The maximum absolute atomic E-state index is 11.4. The molecule has 1 amide bonds. The molecule has 1 heterocycles. The Morgan fingerprint density at radius 3 is 2.81 bits per heavy atom. The fourth-order valence-electron chi connectivity index (χ4n) is 1.30. The van der Waals surface area contributed by atoms with E-state index in [1.165, 1.54) is 0 Å². The predicted octanol–water partition coefficient (Wildman–Crippen LogP) is 1.24. The Morgan fingerprint density at radius 2 is 2.31 bits per heavy atom. The van der Waals surface area contributed by atoms with Gasteiger partial charge in [-0.3, -0.25) is 4.79 Å². The molecule has 0 aromatic carbocycles. The van der Waals surface area contributed by atoms with Crippen LogP contribution in [0.5, 0.6) is 0 Å². The summed E-state index contributed by atoms with van der Waals surface area (Å²) >= 11 is 1.63. The summed E-state index contributed by atoms with van der Waals surface area (Å²) in [6, 6.07) is 0. The standard InChI is InChI=1S/C11H19N3OS/c1-8-7-16-10(14-8)4-5-13-9(15)6-11(2,3)12/h7H,4-6,12H2,1-3H3,(H,13,15). The van der Waals surface area contributed by atoms with Crippen LogP contribution in [0.1, 0.15) is 31.0 Å². The van der Waals surface area contributed by atoms with E-state index >= 15 is 0 Å². The van der Waals surface area contributed by atoms with Crippen molar-refractivity contribution in [1.29, 1.82) is 0 Å². The van der Waals surface area contributed by atoms with E-state index in [0.717, 1.165) is 17.1 Å². The Morgan fingerprint density at radius 1 is 1.62 bits per heavy atom. The maximum atomic E-state index is 11.4. The molecule has 0 aliphatic carbocycles. The Bertz CT molecular complexity index is 354. The van der Waals surface area contributed by atoms with Gasteiger partial charge in [-0.2, -0.15) is 0 Å². The number of nitrogens with one attached hydrogen (secondary N) is 1. The summed E-state index contributed by atoms with van der Waals surface area (Å²) < 4.78 is 0. The molecule has 0 bridgehead atoms. The first-order chi connectivity index (χ1) is 7.37. The summed E-state index contributed by atoms with van der Waals surface area (Å²) in [5.74, 6) is 0.000720. The van der Waals surface area contributed by atoms with Crippen molar-refractivity contribution in [2.75, 3.05) is 6.54 Å². The molecule has 0 unspecified atom stereocenters. The average molecular weight is 241 g/mol. The smallest absolute Gasteiger partial charge is 0.221 e. The van der Waals surface area contributed by atoms with E-state index < -0.39 is 5.54 Å². The number of aromatic nitrogens is 1. The van der Waals surface area contributed by atoms with Crippen LogP contribution >= 0.6 is 11.3 Å². The molecule has 0 aliphatic rings. The van der Waals surface area contributed by atoms with Crippen molar-refractivity contribution in [3.05, 3.63) is 16.1 Å². The lowest BCUT2D eigenvalue weighted by Gasteiger charge is -2.17. The number of carbonyl (C=O) groups is 1. The van der Waals surface area contributed by atoms with Crippen molar-refractivity contribution >= 4 is 17.2 Å². The third-order valence-electron chi connectivity index (χ3n) is 1.94. The number of nitrogens with zero attached hydrogens (tertiary/aromatic N) is 1. The zero-order chi connectivity index (χ0) is 12.2. The van der Waals surface area contributed by atoms with Gasteiger partial charge in [0, 0.05) is 36.0 Å². The first kappa shape index (κ1) is 13.1. The summed E-state index contributed by atoms with van der Waals surface area (Å²) in [4.78, 5) is 15.8. The van der Waals surface area contributed by atoms with E-state index in [1.807, 2.05) is 26.2 Å². The number of nitrogens with two attached hydrogens (primary N) is 1. The topological polar surface area (TPSA) is 68.0 Å². The molecule has 1 aromatic heterocycles. The zero-order valence-electron chi connectivity index (χ0n) is 10.0. The molecule has 0 fully saturated rings. The monoisotopic (exact) mass is 241 g/mol. The molecule has 3 N–H and O–H groups in total. The van der Waals surface area contributed by atoms with Crippen LogP contribution in [-0.4, -0.2) is 23.0 Å². The molecule has 90 valence electrons. The lowest BCUT2D eigenvalue weighted by molar-refractivity contribution is -0.121. The lowest BCUT2D eigenvalue weighted by atomic mass is 10.0. The highest BCUT2D eigenvalue weighted by atomic mass is 32.1. The second kappa shape index (κ2) is 5.41. The van der Waals surface area contributed by atoms with Crippen LogP contribution in [0.4, 0.5) is 0 Å². The van der Waals surface area contributed by atoms with Gasteiger partial charge in [0.05, 0.1) is 5.01 Å². The van der Waals surface area contributed by atoms with Gasteiger partial charge < -0.3 is 11.1 Å². The summed E-state index contributed by atoms with van der Waals surface area (Å²) in [6.45, 7) is 6.28. The fraction of sp³-hybridized carbons (Fsp3) is 0.636. The molecule has 0 saturated heterocycles. The maximum Gasteiger partial charge on any atom is 0.221 e. The van der Waals surface area contributed by atoms with Crippen LogP contribution in [0.15, 0.2) is 5.38 Å². The van der Waals surface area contributed by atoms with Crippen LogP contribution < -0.4 is 11.1 Å². The summed E-state index contributed by atoms with van der Waals surface area (Å²) in [5, 5.41) is 5.92. The van der Waals surface area contributed by atoms with Crippen LogP contribution in [0.2, 0.25) is 0 Å². The molecule has 5 heteroatoms. The molecule has 0 atom stereocenters. The highest BCUT2D eigenvalue weighted by molar-refractivity contribution is 7.09. The van der Waals surface area contributed by atoms with Gasteiger partial charge in [-0.15, -0.1) is 11.3 Å². The number of hydrogen-bond donors (Lipinski definition) is 2. The number of thiazole rings is 1. The van der Waals surface area contributed by atoms with Crippen molar-refractivity contribution in [3.8, 4) is 0 Å². The summed E-state index contributed by atoms with van der Waals surface area (Å²) in [7, 11) is 0. The SMILES string of the molecule is Cc1csc(CCNC(=O)CC(C)(C)N)n1. The molecule has 4 nitrogen and oxygen atoms in total. The highest BCUT2D eigenvalue weighted by Crippen LogP contribution is 2.08. The van der Waals surface area contributed by atoms with Gasteiger partial charge in [-0.05, 0) is 20.8 Å². The van der Waals surface area contributed by atoms with Crippen molar-refractivity contribution in [1.82, 2.24) is 10.3 Å². The molecule has 1 rings (SSSR count). The van der Waals surface area contributed by atoms with Crippen molar-refractivity contribution in [2.24, 2.45) is 5.73 Å². The van der Waals surface area contributed by atoms with Crippen LogP contribution in [0.3, 0.4) is 0 Å². The Kier molecular flexibility index (Phi) is 4.44. The molecular formula is C11H19N3OS. The molecule has 1 aromatic rings. The van der Waals surface area contributed by atoms with Gasteiger partial charge in [-0.25, -0.2) is 4.98 Å². The third kappa shape index (κ3) is 5.23. The Balaban J connectivity index is 2.23. The number of carbonyl (C=O) groups excluding carboxylic acids is 1. The second-order valence-corrected chi connectivity index (χ2v) is 5.59. The largest absolute Gasteiger partial charge is 0.356 e. The number of amides is 1. The molecule has 0 aliphatic heterocycles. The van der Waals surface area contributed by atoms with E-state index in [2.05, 4.69) is 10.3 Å². The first-order valence-corrected chi connectivity index (χ1v) is 6.21. The van der Waals surface area contributed by atoms with Gasteiger partial charge >= 0.3 is 0 Å². The molecule has 0 radical (unpaired) electrons. The highest BCUT2D eigenvalue weighted by Gasteiger charge is 2.15. The summed E-state index contributed by atoms with van der Waals surface area (Å²) in [6.07, 6.45) is 1.14. The van der Waals surface area contributed by atoms with E-state index in [9.17, 15) is 4.79 Å². The number of rotatable bonds is 5. The van der Waals surface area contributed by atoms with Gasteiger partial charge in [0.15, 0.2) is 0 Å². The van der Waals surface area contributed by atoms with Gasteiger partial charge in [0.2, 0.25) is 5.91 Å². The van der Waals surface area contributed by atoms with E-state index in [0.29, 0.717) is 13.0 Å². The van der Waals surface area contributed by atoms with Crippen LogP contribution in [-0.2, 0) is 11.2 Å². The van der Waals surface area contributed by atoms with Gasteiger partial charge in [0.1, 0.15) is 0 Å². The van der Waals surface area contributed by atoms with Gasteiger partial charge in [0.25, 0.3) is 0 Å². The molecule has 16 heavy (non-hydrogen) atoms. The normalized spacial score (nSPS) is 11.5. The molecular weight excluding hydrogens is 222 g/mol. The quantitative estimate of drug-likeness (QED) is 0.815. The average Bonchev–Trinajstić information content (AvgIpc) is 2.48. The fourth-order valence-corrected chi connectivity index (χ4v) is 2.08. The second-order valence-electron chi connectivity index (χ2n) is 4.65. The zero-order valence-corrected chi connectivity index (χ0v) is 10.9. The Labute approximate surface area is 100 Å². The van der Waals surface area contributed by atoms with Crippen LogP contribution in [0.25, 0.3) is 0 Å². The molecule has 0 saturated carbocycles. The minimum Gasteiger partial charge on any atom is -0.356 e.